The van der Waals surface area contributed by atoms with Crippen molar-refractivity contribution in [1.82, 2.24) is 15.0 Å². The normalized spacial score (nSPS) is 12.9. The van der Waals surface area contributed by atoms with Gasteiger partial charge in [0.15, 0.2) is 11.0 Å². The SMILES string of the molecule is CN(C(N)=O)c1ccc2c(c1)CN(c1ncc(Cc3ccc(-c4ncccn4)cc3)s1)CC2. The second-order valence-electron chi connectivity index (χ2n) is 8.08. The maximum Gasteiger partial charge on any atom is 0.318 e. The smallest absolute Gasteiger partial charge is 0.318 e. The van der Waals surface area contributed by atoms with Crippen molar-refractivity contribution in [2.45, 2.75) is 19.4 Å². The summed E-state index contributed by atoms with van der Waals surface area (Å²) in [4.78, 5) is 29.8. The van der Waals surface area contributed by atoms with Gasteiger partial charge in [-0.2, -0.15) is 0 Å². The predicted octanol–water partition coefficient (Wildman–Crippen LogP) is 4.27. The molecule has 7 nitrogen and oxygen atoms in total. The van der Waals surface area contributed by atoms with E-state index in [0.29, 0.717) is 0 Å². The lowest BCUT2D eigenvalue weighted by molar-refractivity contribution is 0.255. The van der Waals surface area contributed by atoms with Crippen LogP contribution in [0.3, 0.4) is 0 Å². The van der Waals surface area contributed by atoms with Gasteiger partial charge in [0, 0.05) is 61.3 Å². The molecule has 1 aliphatic rings. The Balaban J connectivity index is 1.28. The van der Waals surface area contributed by atoms with Crippen molar-refractivity contribution in [3.63, 3.8) is 0 Å². The highest BCUT2D eigenvalue weighted by atomic mass is 32.1. The topological polar surface area (TPSA) is 88.2 Å². The number of anilines is 2. The van der Waals surface area contributed by atoms with Crippen molar-refractivity contribution in [2.75, 3.05) is 23.4 Å². The van der Waals surface area contributed by atoms with E-state index >= 15 is 0 Å². The van der Waals surface area contributed by atoms with Crippen LogP contribution in [0.15, 0.2) is 67.1 Å². The maximum atomic E-state index is 11.5. The van der Waals surface area contributed by atoms with Crippen LogP contribution < -0.4 is 15.5 Å². The first-order chi connectivity index (χ1) is 16.1. The van der Waals surface area contributed by atoms with Gasteiger partial charge in [-0.25, -0.2) is 19.7 Å². The molecule has 166 valence electrons. The highest BCUT2D eigenvalue weighted by Crippen LogP contribution is 2.31. The summed E-state index contributed by atoms with van der Waals surface area (Å²) < 4.78 is 0. The van der Waals surface area contributed by atoms with E-state index in [1.54, 1.807) is 30.8 Å². The standard InChI is InChI=1S/C25H24N6OS/c1-30(24(26)32)21-8-7-18-9-12-31(16-20(18)14-21)25-29-15-22(33-25)13-17-3-5-19(6-4-17)23-27-10-2-11-28-23/h2-8,10-11,14-15H,9,12-13,16H2,1H3,(H2,26,32). The zero-order valence-corrected chi connectivity index (χ0v) is 19.1. The van der Waals surface area contributed by atoms with E-state index in [2.05, 4.69) is 51.3 Å². The molecule has 0 atom stereocenters. The van der Waals surface area contributed by atoms with Gasteiger partial charge in [0.1, 0.15) is 0 Å². The number of rotatable bonds is 5. The average molecular weight is 457 g/mol. The number of carbonyl (C=O) groups excluding carboxylic acids is 1. The molecule has 0 aliphatic carbocycles. The third-order valence-electron chi connectivity index (χ3n) is 5.89. The van der Waals surface area contributed by atoms with E-state index in [9.17, 15) is 4.79 Å². The number of amides is 2. The van der Waals surface area contributed by atoms with Gasteiger partial charge in [-0.3, -0.25) is 4.90 Å². The average Bonchev–Trinajstić information content (AvgIpc) is 3.32. The number of fused-ring (bicyclic) bond motifs is 1. The van der Waals surface area contributed by atoms with Crippen molar-refractivity contribution in [3.05, 3.63) is 88.7 Å². The third kappa shape index (κ3) is 4.56. The number of benzene rings is 2. The lowest BCUT2D eigenvalue weighted by Crippen LogP contribution is -2.33. The van der Waals surface area contributed by atoms with Gasteiger partial charge in [-0.15, -0.1) is 11.3 Å². The first-order valence-electron chi connectivity index (χ1n) is 10.8. The summed E-state index contributed by atoms with van der Waals surface area (Å²) in [6.45, 7) is 1.70. The molecule has 0 unspecified atom stereocenters. The second-order valence-corrected chi connectivity index (χ2v) is 9.17. The van der Waals surface area contributed by atoms with Crippen LogP contribution in [-0.2, 0) is 19.4 Å². The lowest BCUT2D eigenvalue weighted by Gasteiger charge is -2.29. The fraction of sp³-hybridized carbons (Fsp3) is 0.200. The molecule has 2 aromatic heterocycles. The number of carbonyl (C=O) groups is 1. The van der Waals surface area contributed by atoms with Gasteiger partial charge < -0.3 is 10.6 Å². The minimum atomic E-state index is -0.462. The molecule has 2 aromatic carbocycles. The molecule has 2 amide bonds. The number of nitrogens with two attached hydrogens (primary N) is 1. The van der Waals surface area contributed by atoms with Gasteiger partial charge in [0.2, 0.25) is 0 Å². The van der Waals surface area contributed by atoms with Crippen molar-refractivity contribution in [1.29, 1.82) is 0 Å². The van der Waals surface area contributed by atoms with Crippen molar-refractivity contribution in [3.8, 4) is 11.4 Å². The largest absolute Gasteiger partial charge is 0.351 e. The van der Waals surface area contributed by atoms with Gasteiger partial charge >= 0.3 is 6.03 Å². The summed E-state index contributed by atoms with van der Waals surface area (Å²) >= 11 is 1.73. The van der Waals surface area contributed by atoms with E-state index in [-0.39, 0.29) is 0 Å². The molecule has 0 spiro atoms. The van der Waals surface area contributed by atoms with Crippen molar-refractivity contribution >= 4 is 28.2 Å². The van der Waals surface area contributed by atoms with Crippen LogP contribution in [0, 0.1) is 0 Å². The molecule has 4 aromatic rings. The van der Waals surface area contributed by atoms with Gasteiger partial charge in [-0.1, -0.05) is 30.3 Å². The monoisotopic (exact) mass is 456 g/mol. The molecule has 1 aliphatic heterocycles. The van der Waals surface area contributed by atoms with Crippen LogP contribution in [0.25, 0.3) is 11.4 Å². The molecule has 3 heterocycles. The Morgan fingerprint density at radius 3 is 2.64 bits per heavy atom. The van der Waals surface area contributed by atoms with Crippen LogP contribution in [0.4, 0.5) is 15.6 Å². The van der Waals surface area contributed by atoms with E-state index in [4.69, 9.17) is 10.7 Å². The van der Waals surface area contributed by atoms with Crippen molar-refractivity contribution < 1.29 is 4.79 Å². The quantitative estimate of drug-likeness (QED) is 0.485. The van der Waals surface area contributed by atoms with Crippen LogP contribution >= 0.6 is 11.3 Å². The van der Waals surface area contributed by atoms with Crippen LogP contribution in [0.1, 0.15) is 21.6 Å². The molecule has 0 fully saturated rings. The first-order valence-corrected chi connectivity index (χ1v) is 11.6. The van der Waals surface area contributed by atoms with Crippen LogP contribution in [0.2, 0.25) is 0 Å². The van der Waals surface area contributed by atoms with E-state index in [1.807, 2.05) is 18.3 Å². The number of primary amides is 1. The third-order valence-corrected chi connectivity index (χ3v) is 6.95. The highest BCUT2D eigenvalue weighted by molar-refractivity contribution is 7.15. The number of hydrogen-bond acceptors (Lipinski definition) is 6. The molecular formula is C25H24N6OS. The van der Waals surface area contributed by atoms with Gasteiger partial charge in [-0.05, 0) is 41.3 Å². The maximum absolute atomic E-state index is 11.5. The molecule has 0 saturated carbocycles. The first kappa shape index (κ1) is 21.1. The second kappa shape index (κ2) is 8.99. The lowest BCUT2D eigenvalue weighted by atomic mass is 9.99. The number of urea groups is 1. The summed E-state index contributed by atoms with van der Waals surface area (Å²) in [6, 6.07) is 15.8. The fourth-order valence-corrected chi connectivity index (χ4v) is 4.96. The van der Waals surface area contributed by atoms with E-state index in [1.165, 1.54) is 26.5 Å². The molecular weight excluding hydrogens is 432 g/mol. The Bertz CT molecular complexity index is 1270. The Labute approximate surface area is 196 Å². The Kier molecular flexibility index (Phi) is 5.75. The van der Waals surface area contributed by atoms with Crippen LogP contribution in [0.5, 0.6) is 0 Å². The summed E-state index contributed by atoms with van der Waals surface area (Å²) in [6.07, 6.45) is 7.27. The van der Waals surface area contributed by atoms with E-state index in [0.717, 1.165) is 48.1 Å². The molecule has 0 saturated heterocycles. The van der Waals surface area contributed by atoms with Crippen molar-refractivity contribution in [2.24, 2.45) is 5.73 Å². The zero-order valence-electron chi connectivity index (χ0n) is 18.3. The zero-order chi connectivity index (χ0) is 22.8. The molecule has 5 rings (SSSR count). The Morgan fingerprint density at radius 1 is 1.09 bits per heavy atom. The fourth-order valence-electron chi connectivity index (χ4n) is 3.99. The summed E-state index contributed by atoms with van der Waals surface area (Å²) in [7, 11) is 1.69. The predicted molar refractivity (Wildman–Crippen MR) is 132 cm³/mol. The summed E-state index contributed by atoms with van der Waals surface area (Å²) in [5, 5.41) is 1.03. The summed E-state index contributed by atoms with van der Waals surface area (Å²) in [5.74, 6) is 0.736. The minimum Gasteiger partial charge on any atom is -0.351 e. The molecule has 33 heavy (non-hydrogen) atoms. The molecule has 8 heteroatoms. The molecule has 0 radical (unpaired) electrons. The number of aromatic nitrogens is 3. The molecule has 2 N–H and O–H groups in total. The number of nitrogens with zero attached hydrogens (tertiary/aromatic N) is 5. The Morgan fingerprint density at radius 2 is 1.88 bits per heavy atom. The molecule has 0 bridgehead atoms. The van der Waals surface area contributed by atoms with Gasteiger partial charge in [0.25, 0.3) is 0 Å². The number of hydrogen-bond donors (Lipinski definition) is 1. The van der Waals surface area contributed by atoms with Gasteiger partial charge in [0.05, 0.1) is 0 Å². The summed E-state index contributed by atoms with van der Waals surface area (Å²) in [5.41, 5.74) is 11.0. The Hall–Kier alpha value is -3.78. The minimum absolute atomic E-state index is 0.462. The highest BCUT2D eigenvalue weighted by Gasteiger charge is 2.20. The number of thiazole rings is 1. The van der Waals surface area contributed by atoms with Crippen LogP contribution in [-0.4, -0.2) is 34.6 Å². The van der Waals surface area contributed by atoms with E-state index < -0.39 is 6.03 Å².